The van der Waals surface area contributed by atoms with E-state index in [2.05, 4.69) is 17.4 Å². The van der Waals surface area contributed by atoms with Gasteiger partial charge in [0, 0.05) is 36.1 Å². The van der Waals surface area contributed by atoms with Crippen molar-refractivity contribution in [3.8, 4) is 16.9 Å². The Labute approximate surface area is 274 Å². The molecule has 0 aliphatic carbocycles. The van der Waals surface area contributed by atoms with Gasteiger partial charge in [0.05, 0.1) is 25.9 Å². The number of amides is 1. The molecule has 1 fully saturated rings. The average molecular weight is 642 g/mol. The van der Waals surface area contributed by atoms with Gasteiger partial charge in [0.1, 0.15) is 5.75 Å². The number of hydrogen-bond acceptors (Lipinski definition) is 8. The van der Waals surface area contributed by atoms with Crippen molar-refractivity contribution in [2.45, 2.75) is 62.9 Å². The normalized spacial score (nSPS) is 18.4. The van der Waals surface area contributed by atoms with Gasteiger partial charge in [0.2, 0.25) is 0 Å². The molecule has 5 rings (SSSR count). The van der Waals surface area contributed by atoms with Gasteiger partial charge in [-0.2, -0.15) is 0 Å². The van der Waals surface area contributed by atoms with Crippen LogP contribution in [-0.4, -0.2) is 42.1 Å². The van der Waals surface area contributed by atoms with E-state index < -0.39 is 18.4 Å². The number of methoxy groups -OCH3 is 1. The smallest absolute Gasteiger partial charge is 0.303 e. The Morgan fingerprint density at radius 2 is 1.65 bits per heavy atom. The van der Waals surface area contributed by atoms with E-state index in [1.807, 2.05) is 84.9 Å². The number of aliphatic hydroxyl groups is 1. The molecule has 2 N–H and O–H groups in total. The Hall–Kier alpha value is -4.15. The van der Waals surface area contributed by atoms with Crippen molar-refractivity contribution in [2.75, 3.05) is 12.9 Å². The molecule has 4 aromatic carbocycles. The highest BCUT2D eigenvalue weighted by Gasteiger charge is 2.32. The molecule has 8 nitrogen and oxygen atoms in total. The maximum atomic E-state index is 12.3. The van der Waals surface area contributed by atoms with Crippen LogP contribution < -0.4 is 10.1 Å². The van der Waals surface area contributed by atoms with E-state index in [1.165, 1.54) is 6.92 Å². The number of carbonyl (C=O) groups excluding carboxylic acids is 2. The zero-order valence-corrected chi connectivity index (χ0v) is 27.0. The number of hydrogen-bond donors (Lipinski definition) is 2. The third-order valence-electron chi connectivity index (χ3n) is 7.71. The van der Waals surface area contributed by atoms with Crippen LogP contribution in [0.2, 0.25) is 0 Å². The lowest BCUT2D eigenvalue weighted by Crippen LogP contribution is -2.35. The fourth-order valence-corrected chi connectivity index (χ4v) is 6.35. The topological polar surface area (TPSA) is 103 Å². The first kappa shape index (κ1) is 33.2. The van der Waals surface area contributed by atoms with Gasteiger partial charge in [-0.3, -0.25) is 9.59 Å². The Kier molecular flexibility index (Phi) is 11.5. The Morgan fingerprint density at radius 1 is 0.913 bits per heavy atom. The lowest BCUT2D eigenvalue weighted by molar-refractivity contribution is -0.245. The van der Waals surface area contributed by atoms with E-state index in [0.29, 0.717) is 13.0 Å². The number of carbonyl (C=O) groups is 2. The number of thioether (sulfide) groups is 1. The van der Waals surface area contributed by atoms with Crippen molar-refractivity contribution in [1.29, 1.82) is 0 Å². The first-order valence-electron chi connectivity index (χ1n) is 15.2. The molecule has 1 heterocycles. The summed E-state index contributed by atoms with van der Waals surface area (Å²) in [5, 5.41) is 12.4. The second kappa shape index (κ2) is 15.9. The zero-order chi connectivity index (χ0) is 32.5. The van der Waals surface area contributed by atoms with Gasteiger partial charge in [0.25, 0.3) is 5.91 Å². The van der Waals surface area contributed by atoms with Crippen molar-refractivity contribution in [2.24, 2.45) is 0 Å². The minimum absolute atomic E-state index is 0.0104. The summed E-state index contributed by atoms with van der Waals surface area (Å²) in [6, 6.07) is 31.9. The molecule has 0 saturated carbocycles. The van der Waals surface area contributed by atoms with Crippen LogP contribution in [0.15, 0.2) is 102 Å². The first-order chi connectivity index (χ1) is 22.3. The van der Waals surface area contributed by atoms with Crippen LogP contribution in [0.3, 0.4) is 0 Å². The summed E-state index contributed by atoms with van der Waals surface area (Å²) in [5.41, 5.74) is 5.67. The molecule has 4 aromatic rings. The van der Waals surface area contributed by atoms with Crippen LogP contribution in [-0.2, 0) is 37.0 Å². The molecule has 0 aromatic heterocycles. The Bertz CT molecular complexity index is 1630. The zero-order valence-electron chi connectivity index (χ0n) is 26.2. The van der Waals surface area contributed by atoms with Gasteiger partial charge in [-0.15, -0.1) is 11.8 Å². The van der Waals surface area contributed by atoms with Crippen molar-refractivity contribution in [3.05, 3.63) is 119 Å². The minimum Gasteiger partial charge on any atom is -0.496 e. The van der Waals surface area contributed by atoms with Crippen molar-refractivity contribution < 1.29 is 33.6 Å². The first-order valence-corrected chi connectivity index (χ1v) is 16.2. The fourth-order valence-electron chi connectivity index (χ4n) is 5.30. The van der Waals surface area contributed by atoms with Gasteiger partial charge in [-0.1, -0.05) is 72.8 Å². The van der Waals surface area contributed by atoms with Crippen LogP contribution in [0.1, 0.15) is 54.9 Å². The summed E-state index contributed by atoms with van der Waals surface area (Å²) in [7, 11) is 1.68. The number of para-hydroxylation sites is 1. The van der Waals surface area contributed by atoms with Crippen LogP contribution in [0.25, 0.3) is 11.1 Å². The summed E-state index contributed by atoms with van der Waals surface area (Å²) >= 11 is 1.70. The molecule has 1 aliphatic rings. The molecule has 1 aliphatic heterocycles. The number of benzene rings is 4. The van der Waals surface area contributed by atoms with Crippen molar-refractivity contribution in [1.82, 2.24) is 5.32 Å². The van der Waals surface area contributed by atoms with Crippen LogP contribution in [0, 0.1) is 0 Å². The number of ether oxygens (including phenoxy) is 4. The third-order valence-corrected chi connectivity index (χ3v) is 8.89. The second-order valence-electron chi connectivity index (χ2n) is 11.1. The summed E-state index contributed by atoms with van der Waals surface area (Å²) in [6.45, 7) is 3.12. The highest BCUT2D eigenvalue weighted by atomic mass is 32.2. The summed E-state index contributed by atoms with van der Waals surface area (Å²) in [6.07, 6.45) is -1.06. The third kappa shape index (κ3) is 8.76. The van der Waals surface area contributed by atoms with Crippen LogP contribution in [0.5, 0.6) is 5.75 Å². The molecule has 0 unspecified atom stereocenters. The highest BCUT2D eigenvalue weighted by molar-refractivity contribution is 7.99. The van der Waals surface area contributed by atoms with Gasteiger partial charge in [0.15, 0.2) is 12.4 Å². The Morgan fingerprint density at radius 3 is 2.39 bits per heavy atom. The van der Waals surface area contributed by atoms with E-state index in [4.69, 9.17) is 18.9 Å². The largest absolute Gasteiger partial charge is 0.496 e. The predicted octanol–water partition coefficient (Wildman–Crippen LogP) is 6.76. The molecule has 46 heavy (non-hydrogen) atoms. The molecular weight excluding hydrogens is 602 g/mol. The maximum Gasteiger partial charge on any atom is 0.303 e. The molecule has 0 spiro atoms. The fraction of sp³-hybridized carbons (Fsp3) is 0.297. The van der Waals surface area contributed by atoms with Crippen LogP contribution in [0.4, 0.5) is 0 Å². The molecule has 0 bridgehead atoms. The number of aliphatic hydroxyl groups excluding tert-OH is 1. The second-order valence-corrected chi connectivity index (χ2v) is 12.2. The van der Waals surface area contributed by atoms with Gasteiger partial charge >= 0.3 is 5.97 Å². The van der Waals surface area contributed by atoms with E-state index in [9.17, 15) is 14.7 Å². The summed E-state index contributed by atoms with van der Waals surface area (Å²) in [4.78, 5) is 24.6. The lowest BCUT2D eigenvalue weighted by Gasteiger charge is -2.36. The minimum atomic E-state index is -0.860. The molecule has 1 saturated heterocycles. The predicted molar refractivity (Wildman–Crippen MR) is 177 cm³/mol. The highest BCUT2D eigenvalue weighted by Crippen LogP contribution is 2.41. The van der Waals surface area contributed by atoms with E-state index in [1.54, 1.807) is 25.8 Å². The maximum absolute atomic E-state index is 12.3. The SMILES string of the molecule is COc1ccccc1SC[C@@H]1C[C@H](c2ccc(CO)cc2)O[C@H](c2cccc(-c3cccc(CNC(=O)[C@H](C)OC(C)=O)c3)c2)O1. The lowest BCUT2D eigenvalue weighted by atomic mass is 9.99. The number of rotatable bonds is 12. The van der Waals surface area contributed by atoms with Crippen molar-refractivity contribution >= 4 is 23.6 Å². The van der Waals surface area contributed by atoms with E-state index in [0.717, 1.165) is 49.8 Å². The average Bonchev–Trinajstić information content (AvgIpc) is 3.09. The van der Waals surface area contributed by atoms with Gasteiger partial charge in [-0.05, 0) is 59.0 Å². The summed E-state index contributed by atoms with van der Waals surface area (Å²) in [5.74, 6) is 0.700. The number of esters is 1. The standard InChI is InChI=1S/C37H39NO7S/c1-24(43-25(2)40)36(41)38-21-27-8-6-9-29(18-27)30-10-7-11-31(19-30)37-44-32(23-46-35-13-5-4-12-33(35)42-3)20-34(45-37)28-16-14-26(22-39)15-17-28/h4-19,24,32,34,37,39H,20-23H2,1-3H3,(H,38,41)/t24-,32-,34+,37+/m0/s1. The number of nitrogens with one attached hydrogen (secondary N) is 1. The molecular formula is C37H39NO7S. The Balaban J connectivity index is 1.34. The molecule has 9 heteroatoms. The molecule has 240 valence electrons. The van der Waals surface area contributed by atoms with Gasteiger partial charge < -0.3 is 29.4 Å². The molecule has 0 radical (unpaired) electrons. The van der Waals surface area contributed by atoms with Gasteiger partial charge in [-0.25, -0.2) is 0 Å². The van der Waals surface area contributed by atoms with Crippen LogP contribution >= 0.6 is 11.8 Å². The molecule has 4 atom stereocenters. The van der Waals surface area contributed by atoms with E-state index >= 15 is 0 Å². The molecule has 1 amide bonds. The van der Waals surface area contributed by atoms with Crippen molar-refractivity contribution in [3.63, 3.8) is 0 Å². The van der Waals surface area contributed by atoms with E-state index in [-0.39, 0.29) is 24.7 Å². The summed E-state index contributed by atoms with van der Waals surface area (Å²) < 4.78 is 23.7. The monoisotopic (exact) mass is 641 g/mol. The quantitative estimate of drug-likeness (QED) is 0.129.